The van der Waals surface area contributed by atoms with Gasteiger partial charge >= 0.3 is 12.0 Å². The molecule has 0 unspecified atom stereocenters. The largest absolute Gasteiger partial charge is 0.421 e. The number of amides is 2. The van der Waals surface area contributed by atoms with Gasteiger partial charge in [0, 0.05) is 62.1 Å². The fraction of sp³-hybridized carbons (Fsp3) is 0.321. The lowest BCUT2D eigenvalue weighted by Crippen LogP contribution is -2.37. The van der Waals surface area contributed by atoms with Gasteiger partial charge in [0.05, 0.1) is 32.2 Å². The number of carbonyl (C=O) groups is 1. The summed E-state index contributed by atoms with van der Waals surface area (Å²) in [4.78, 5) is 16.1. The van der Waals surface area contributed by atoms with Crippen LogP contribution in [0.15, 0.2) is 93.8 Å². The predicted molar refractivity (Wildman–Crippen MR) is 159 cm³/mol. The summed E-state index contributed by atoms with van der Waals surface area (Å²) in [7, 11) is 5.73. The third-order valence-corrected chi connectivity index (χ3v) is 6.12. The van der Waals surface area contributed by atoms with Crippen molar-refractivity contribution in [3.63, 3.8) is 0 Å². The molecule has 0 aliphatic heterocycles. The molecule has 4 rings (SSSR count). The topological polar surface area (TPSA) is 141 Å². The van der Waals surface area contributed by atoms with Crippen molar-refractivity contribution in [2.75, 3.05) is 36.8 Å². The van der Waals surface area contributed by atoms with Crippen molar-refractivity contribution < 1.29 is 9.36 Å². The van der Waals surface area contributed by atoms with Crippen LogP contribution in [-0.2, 0) is 21.1 Å². The van der Waals surface area contributed by atoms with E-state index < -0.39 is 0 Å². The van der Waals surface area contributed by atoms with Crippen LogP contribution in [0.25, 0.3) is 0 Å². The number of aryl methyl sites for hydroxylation is 3. The van der Waals surface area contributed by atoms with Crippen molar-refractivity contribution >= 4 is 40.7 Å². The summed E-state index contributed by atoms with van der Waals surface area (Å²) in [6, 6.07) is 15.3. The van der Waals surface area contributed by atoms with Gasteiger partial charge in [-0.1, -0.05) is 5.11 Å². The molecule has 2 aromatic heterocycles. The molecule has 2 heterocycles. The van der Waals surface area contributed by atoms with Crippen molar-refractivity contribution in [2.24, 2.45) is 41.6 Å². The molecule has 0 spiro atoms. The molecule has 0 atom stereocenters. The number of imidazole rings is 2. The fourth-order valence-corrected chi connectivity index (χ4v) is 3.78. The molecule has 0 aliphatic rings. The molecule has 41 heavy (non-hydrogen) atoms. The summed E-state index contributed by atoms with van der Waals surface area (Å²) in [6.45, 7) is 2.65. The highest BCUT2D eigenvalue weighted by Gasteiger charge is 2.10. The summed E-state index contributed by atoms with van der Waals surface area (Å²) in [5.74, 6) is 1.32. The Kier molecular flexibility index (Phi) is 10.5. The summed E-state index contributed by atoms with van der Waals surface area (Å²) in [6.07, 6.45) is 8.97. The quantitative estimate of drug-likeness (QED) is 0.0981. The molecule has 13 heteroatoms. The first-order chi connectivity index (χ1) is 20.0. The van der Waals surface area contributed by atoms with Crippen LogP contribution in [0.1, 0.15) is 12.8 Å². The van der Waals surface area contributed by atoms with Crippen molar-refractivity contribution in [3.8, 4) is 0 Å². The fourth-order valence-electron chi connectivity index (χ4n) is 3.78. The van der Waals surface area contributed by atoms with E-state index >= 15 is 0 Å². The molecule has 2 amide bonds. The summed E-state index contributed by atoms with van der Waals surface area (Å²) in [5.41, 5.74) is 3.51. The maximum Gasteiger partial charge on any atom is 0.421 e. The van der Waals surface area contributed by atoms with Gasteiger partial charge in [-0.05, 0) is 61.4 Å². The van der Waals surface area contributed by atoms with E-state index in [-0.39, 0.29) is 6.03 Å². The zero-order chi connectivity index (χ0) is 28.9. The first kappa shape index (κ1) is 28.9. The third kappa shape index (κ3) is 9.27. The van der Waals surface area contributed by atoms with Crippen molar-refractivity contribution in [2.45, 2.75) is 12.8 Å². The average Bonchev–Trinajstić information content (AvgIpc) is 3.54. The van der Waals surface area contributed by atoms with Gasteiger partial charge in [0.15, 0.2) is 0 Å². The number of hydrogen-bond acceptors (Lipinski definition) is 8. The van der Waals surface area contributed by atoms with Gasteiger partial charge in [0.2, 0.25) is 5.95 Å². The van der Waals surface area contributed by atoms with E-state index in [2.05, 4.69) is 46.7 Å². The number of rotatable bonds is 14. The standard InChI is InChI=1S/C28H36N12O/c1-38-19-18-31-26(38)36-34-24-10-6-22(7-11-24)29-14-4-16-32-27(41)33-17-5-15-30-23-8-12-25(13-9-23)35-37-28-39(2)20-21-40(28)3/h6-13,18-21H,4-5,14-17H2,1-3H3,(H3,29,31,32,33,36,41)/p+1. The van der Waals surface area contributed by atoms with Crippen LogP contribution in [0.5, 0.6) is 0 Å². The Balaban J connectivity index is 1.03. The molecule has 0 saturated carbocycles. The number of azo groups is 2. The van der Waals surface area contributed by atoms with Crippen LogP contribution in [-0.4, -0.2) is 46.3 Å². The number of urea groups is 1. The Bertz CT molecular complexity index is 1420. The van der Waals surface area contributed by atoms with Gasteiger partial charge in [-0.2, -0.15) is 0 Å². The number of aromatic nitrogens is 4. The van der Waals surface area contributed by atoms with Crippen LogP contribution in [0.3, 0.4) is 0 Å². The van der Waals surface area contributed by atoms with E-state index in [1.807, 2.05) is 97.4 Å². The molecule has 0 aliphatic carbocycles. The number of nitrogens with one attached hydrogen (secondary N) is 4. The Morgan fingerprint density at radius 1 is 0.756 bits per heavy atom. The van der Waals surface area contributed by atoms with Crippen LogP contribution < -0.4 is 25.8 Å². The van der Waals surface area contributed by atoms with Crippen molar-refractivity contribution in [1.29, 1.82) is 0 Å². The van der Waals surface area contributed by atoms with Gasteiger partial charge in [-0.15, -0.1) is 10.2 Å². The Hall–Kier alpha value is -5.07. The number of benzene rings is 2. The second-order valence-electron chi connectivity index (χ2n) is 9.40. The van der Waals surface area contributed by atoms with E-state index in [0.29, 0.717) is 19.0 Å². The highest BCUT2D eigenvalue weighted by Crippen LogP contribution is 2.20. The lowest BCUT2D eigenvalue weighted by Gasteiger charge is -2.10. The number of anilines is 2. The summed E-state index contributed by atoms with van der Waals surface area (Å²) >= 11 is 0. The maximum absolute atomic E-state index is 12.0. The first-order valence-corrected chi connectivity index (χ1v) is 13.5. The molecule has 4 N–H and O–H groups in total. The zero-order valence-electron chi connectivity index (χ0n) is 23.7. The minimum Gasteiger partial charge on any atom is -0.385 e. The maximum atomic E-state index is 12.0. The molecule has 4 aromatic rings. The Morgan fingerprint density at radius 3 is 1.80 bits per heavy atom. The van der Waals surface area contributed by atoms with Crippen molar-refractivity contribution in [3.05, 3.63) is 73.3 Å². The van der Waals surface area contributed by atoms with Gasteiger partial charge in [0.25, 0.3) is 0 Å². The SMILES string of the molecule is Cn1ccnc1/N=N/c1ccc(NCCCNC(=O)NCCCNc2ccc(/N=N/c3n(C)cc[n+]3C)cc2)cc1. The van der Waals surface area contributed by atoms with E-state index in [1.165, 1.54) is 0 Å². The summed E-state index contributed by atoms with van der Waals surface area (Å²) < 4.78 is 5.62. The van der Waals surface area contributed by atoms with Crippen molar-refractivity contribution in [1.82, 2.24) is 24.8 Å². The Morgan fingerprint density at radius 2 is 1.32 bits per heavy atom. The molecule has 0 saturated heterocycles. The van der Waals surface area contributed by atoms with Crippen LogP contribution in [0.4, 0.5) is 39.4 Å². The van der Waals surface area contributed by atoms with E-state index in [1.54, 1.807) is 10.8 Å². The average molecular weight is 558 g/mol. The molecule has 0 bridgehead atoms. The molecule has 214 valence electrons. The molecular formula is C28H37N12O+. The zero-order valence-corrected chi connectivity index (χ0v) is 23.7. The van der Waals surface area contributed by atoms with Gasteiger partial charge in [-0.25, -0.2) is 18.9 Å². The first-order valence-electron chi connectivity index (χ1n) is 13.5. The molecule has 2 aromatic carbocycles. The molecule has 0 fully saturated rings. The minimum atomic E-state index is -0.159. The smallest absolute Gasteiger partial charge is 0.385 e. The van der Waals surface area contributed by atoms with Crippen LogP contribution in [0, 0.1) is 0 Å². The van der Waals surface area contributed by atoms with E-state index in [9.17, 15) is 4.79 Å². The van der Waals surface area contributed by atoms with Crippen LogP contribution in [0.2, 0.25) is 0 Å². The lowest BCUT2D eigenvalue weighted by atomic mass is 10.3. The van der Waals surface area contributed by atoms with Gasteiger partial charge in [0.1, 0.15) is 5.69 Å². The van der Waals surface area contributed by atoms with E-state index in [4.69, 9.17) is 0 Å². The molecular weight excluding hydrogens is 520 g/mol. The van der Waals surface area contributed by atoms with Gasteiger partial charge in [-0.3, -0.25) is 0 Å². The lowest BCUT2D eigenvalue weighted by molar-refractivity contribution is -0.657. The second-order valence-corrected chi connectivity index (χ2v) is 9.40. The monoisotopic (exact) mass is 557 g/mol. The number of nitrogens with zero attached hydrogens (tertiary/aromatic N) is 8. The Labute approximate surface area is 239 Å². The normalized spacial score (nSPS) is 11.3. The summed E-state index contributed by atoms with van der Waals surface area (Å²) in [5, 5.41) is 29.4. The van der Waals surface area contributed by atoms with Gasteiger partial charge < -0.3 is 25.8 Å². The highest BCUT2D eigenvalue weighted by atomic mass is 16.2. The minimum absolute atomic E-state index is 0.159. The van der Waals surface area contributed by atoms with E-state index in [0.717, 1.165) is 54.6 Å². The second kappa shape index (κ2) is 14.9. The highest BCUT2D eigenvalue weighted by molar-refractivity contribution is 5.73. The number of hydrogen-bond donors (Lipinski definition) is 4. The molecule has 0 radical (unpaired) electrons. The number of carbonyl (C=O) groups excluding carboxylic acids is 1. The predicted octanol–water partition coefficient (Wildman–Crippen LogP) is 5.02. The third-order valence-electron chi connectivity index (χ3n) is 6.12. The molecule has 13 nitrogen and oxygen atoms in total. The van der Waals surface area contributed by atoms with Crippen LogP contribution >= 0.6 is 0 Å².